The second-order valence-electron chi connectivity index (χ2n) is 5.39. The van der Waals surface area contributed by atoms with Crippen LogP contribution in [0.1, 0.15) is 31.1 Å². The minimum atomic E-state index is -0.522. The third-order valence-corrected chi connectivity index (χ3v) is 2.63. The maximum absolute atomic E-state index is 12.0. The number of hydrogen-bond acceptors (Lipinski definition) is 6. The number of anilines is 1. The summed E-state index contributed by atoms with van der Waals surface area (Å²) in [5.41, 5.74) is 6.07. The van der Waals surface area contributed by atoms with Crippen molar-refractivity contribution >= 4 is 11.7 Å². The molecule has 0 heterocycles. The standard InChI is InChI=1S/C15H23NO5/c1-15(2,3)21-7-6-20-14(17)10-8-12(18-4)13(19-5)9-11(10)16/h8-9H,6-7,16H2,1-5H3. The largest absolute Gasteiger partial charge is 0.493 e. The van der Waals surface area contributed by atoms with E-state index >= 15 is 0 Å². The van der Waals surface area contributed by atoms with Crippen LogP contribution in [-0.2, 0) is 9.47 Å². The lowest BCUT2D eigenvalue weighted by Crippen LogP contribution is -2.22. The lowest BCUT2D eigenvalue weighted by Gasteiger charge is -2.19. The summed E-state index contributed by atoms with van der Waals surface area (Å²) in [6.07, 6.45) is 0. The van der Waals surface area contributed by atoms with Crippen molar-refractivity contribution in [1.82, 2.24) is 0 Å². The molecule has 0 radical (unpaired) electrons. The Bertz CT molecular complexity index is 494. The summed E-state index contributed by atoms with van der Waals surface area (Å²) in [5.74, 6) is 0.359. The molecule has 6 nitrogen and oxygen atoms in total. The Morgan fingerprint density at radius 1 is 1.10 bits per heavy atom. The van der Waals surface area contributed by atoms with Crippen molar-refractivity contribution in [2.24, 2.45) is 0 Å². The van der Waals surface area contributed by atoms with Crippen molar-refractivity contribution in [3.05, 3.63) is 17.7 Å². The predicted octanol–water partition coefficient (Wildman–Crippen LogP) is 2.26. The number of benzene rings is 1. The first-order valence-corrected chi connectivity index (χ1v) is 6.61. The molecular formula is C15H23NO5. The zero-order chi connectivity index (χ0) is 16.0. The third kappa shape index (κ3) is 5.15. The second kappa shape index (κ2) is 7.17. The van der Waals surface area contributed by atoms with Gasteiger partial charge in [-0.1, -0.05) is 0 Å². The van der Waals surface area contributed by atoms with Crippen LogP contribution in [0, 0.1) is 0 Å². The summed E-state index contributed by atoms with van der Waals surface area (Å²) >= 11 is 0. The van der Waals surface area contributed by atoms with Crippen LogP contribution in [0.4, 0.5) is 5.69 Å². The molecule has 0 spiro atoms. The van der Waals surface area contributed by atoms with Gasteiger partial charge in [0, 0.05) is 12.1 Å². The van der Waals surface area contributed by atoms with Crippen LogP contribution < -0.4 is 15.2 Å². The number of hydrogen-bond donors (Lipinski definition) is 1. The average molecular weight is 297 g/mol. The molecule has 21 heavy (non-hydrogen) atoms. The van der Waals surface area contributed by atoms with Crippen molar-refractivity contribution in [2.75, 3.05) is 33.2 Å². The molecule has 0 saturated carbocycles. The number of methoxy groups -OCH3 is 2. The molecule has 0 amide bonds. The van der Waals surface area contributed by atoms with Crippen LogP contribution in [0.25, 0.3) is 0 Å². The number of nitrogens with two attached hydrogens (primary N) is 1. The van der Waals surface area contributed by atoms with Gasteiger partial charge < -0.3 is 24.7 Å². The smallest absolute Gasteiger partial charge is 0.340 e. The molecule has 2 N–H and O–H groups in total. The Morgan fingerprint density at radius 3 is 2.19 bits per heavy atom. The van der Waals surface area contributed by atoms with E-state index in [2.05, 4.69) is 0 Å². The lowest BCUT2D eigenvalue weighted by molar-refractivity contribution is -0.0281. The predicted molar refractivity (Wildman–Crippen MR) is 79.9 cm³/mol. The molecule has 118 valence electrons. The molecule has 0 aliphatic carbocycles. The molecule has 0 atom stereocenters. The summed E-state index contributed by atoms with van der Waals surface area (Å²) < 4.78 is 20.9. The monoisotopic (exact) mass is 297 g/mol. The summed E-state index contributed by atoms with van der Waals surface area (Å²) in [6.45, 7) is 6.27. The van der Waals surface area contributed by atoms with Gasteiger partial charge in [-0.05, 0) is 20.8 Å². The van der Waals surface area contributed by atoms with Crippen LogP contribution in [0.15, 0.2) is 12.1 Å². The zero-order valence-corrected chi connectivity index (χ0v) is 13.2. The van der Waals surface area contributed by atoms with E-state index in [1.165, 1.54) is 26.4 Å². The molecule has 1 aromatic carbocycles. The Balaban J connectivity index is 2.70. The molecule has 1 aromatic rings. The molecule has 0 unspecified atom stereocenters. The van der Waals surface area contributed by atoms with Crippen molar-refractivity contribution in [1.29, 1.82) is 0 Å². The van der Waals surface area contributed by atoms with Crippen molar-refractivity contribution in [3.63, 3.8) is 0 Å². The van der Waals surface area contributed by atoms with E-state index in [0.717, 1.165) is 0 Å². The molecule has 0 saturated heterocycles. The second-order valence-corrected chi connectivity index (χ2v) is 5.39. The number of nitrogen functional groups attached to an aromatic ring is 1. The van der Waals surface area contributed by atoms with Crippen LogP contribution in [0.5, 0.6) is 11.5 Å². The van der Waals surface area contributed by atoms with E-state index in [1.807, 2.05) is 20.8 Å². The third-order valence-electron chi connectivity index (χ3n) is 2.63. The van der Waals surface area contributed by atoms with Crippen molar-refractivity contribution in [2.45, 2.75) is 26.4 Å². The Labute approximate surface area is 125 Å². The number of rotatable bonds is 6. The average Bonchev–Trinajstić information content (AvgIpc) is 2.41. The van der Waals surface area contributed by atoms with Crippen molar-refractivity contribution < 1.29 is 23.7 Å². The molecule has 0 aliphatic rings. The molecular weight excluding hydrogens is 274 g/mol. The van der Waals surface area contributed by atoms with Gasteiger partial charge in [-0.2, -0.15) is 0 Å². The van der Waals surface area contributed by atoms with Crippen molar-refractivity contribution in [3.8, 4) is 11.5 Å². The van der Waals surface area contributed by atoms with Crippen LogP contribution >= 0.6 is 0 Å². The first kappa shape index (κ1) is 17.1. The fourth-order valence-electron chi connectivity index (χ4n) is 1.63. The summed E-state index contributed by atoms with van der Waals surface area (Å²) in [7, 11) is 2.99. The quantitative estimate of drug-likeness (QED) is 0.493. The first-order chi connectivity index (χ1) is 9.78. The van der Waals surface area contributed by atoms with Crippen LogP contribution in [-0.4, -0.2) is 39.0 Å². The maximum atomic E-state index is 12.0. The molecule has 0 bridgehead atoms. The molecule has 1 rings (SSSR count). The Hall–Kier alpha value is -1.95. The molecule has 6 heteroatoms. The maximum Gasteiger partial charge on any atom is 0.340 e. The highest BCUT2D eigenvalue weighted by Gasteiger charge is 2.17. The molecule has 0 aliphatic heterocycles. The summed E-state index contributed by atoms with van der Waals surface area (Å²) in [6, 6.07) is 3.03. The SMILES string of the molecule is COc1cc(N)c(C(=O)OCCOC(C)(C)C)cc1OC. The minimum absolute atomic E-state index is 0.157. The number of carbonyl (C=O) groups excluding carboxylic acids is 1. The zero-order valence-electron chi connectivity index (χ0n) is 13.2. The highest BCUT2D eigenvalue weighted by Crippen LogP contribution is 2.32. The fraction of sp³-hybridized carbons (Fsp3) is 0.533. The highest BCUT2D eigenvalue weighted by molar-refractivity contribution is 5.96. The topological polar surface area (TPSA) is 80.0 Å². The van der Waals surface area contributed by atoms with Gasteiger partial charge in [0.1, 0.15) is 6.61 Å². The molecule has 0 fully saturated rings. The van der Waals surface area contributed by atoms with Crippen LogP contribution in [0.3, 0.4) is 0 Å². The summed E-state index contributed by atoms with van der Waals surface area (Å²) in [4.78, 5) is 12.0. The van der Waals surface area contributed by atoms with Gasteiger partial charge in [0.05, 0.1) is 37.7 Å². The van der Waals surface area contributed by atoms with Gasteiger partial charge in [-0.25, -0.2) is 4.79 Å². The van der Waals surface area contributed by atoms with Gasteiger partial charge in [0.2, 0.25) is 0 Å². The van der Waals surface area contributed by atoms with E-state index in [-0.39, 0.29) is 23.5 Å². The highest BCUT2D eigenvalue weighted by atomic mass is 16.6. The Kier molecular flexibility index (Phi) is 5.84. The normalized spacial score (nSPS) is 11.1. The van der Waals surface area contributed by atoms with Gasteiger partial charge >= 0.3 is 5.97 Å². The Morgan fingerprint density at radius 2 is 1.67 bits per heavy atom. The van der Waals surface area contributed by atoms with E-state index < -0.39 is 5.97 Å². The lowest BCUT2D eigenvalue weighted by atomic mass is 10.1. The number of ether oxygens (including phenoxy) is 4. The first-order valence-electron chi connectivity index (χ1n) is 6.61. The number of carbonyl (C=O) groups is 1. The van der Waals surface area contributed by atoms with E-state index in [1.54, 1.807) is 0 Å². The van der Waals surface area contributed by atoms with Gasteiger partial charge in [0.25, 0.3) is 0 Å². The van der Waals surface area contributed by atoms with E-state index in [9.17, 15) is 4.79 Å². The van der Waals surface area contributed by atoms with Gasteiger partial charge in [-0.3, -0.25) is 0 Å². The van der Waals surface area contributed by atoms with E-state index in [4.69, 9.17) is 24.7 Å². The minimum Gasteiger partial charge on any atom is -0.493 e. The van der Waals surface area contributed by atoms with Gasteiger partial charge in [0.15, 0.2) is 11.5 Å². The number of esters is 1. The van der Waals surface area contributed by atoms with E-state index in [0.29, 0.717) is 18.1 Å². The van der Waals surface area contributed by atoms with Crippen LogP contribution in [0.2, 0.25) is 0 Å². The van der Waals surface area contributed by atoms with Gasteiger partial charge in [-0.15, -0.1) is 0 Å². The fourth-order valence-corrected chi connectivity index (χ4v) is 1.63. The molecule has 0 aromatic heterocycles. The summed E-state index contributed by atoms with van der Waals surface area (Å²) in [5, 5.41) is 0.